The molecule has 21 heavy (non-hydrogen) atoms. The highest BCUT2D eigenvalue weighted by molar-refractivity contribution is 5.91. The van der Waals surface area contributed by atoms with Gasteiger partial charge in [0.05, 0.1) is 0 Å². The topological polar surface area (TPSA) is 58.4 Å². The molecule has 0 saturated carbocycles. The van der Waals surface area contributed by atoms with Gasteiger partial charge in [0.15, 0.2) is 0 Å². The third kappa shape index (κ3) is 4.90. The molecule has 1 aliphatic rings. The Hall–Kier alpha value is -1.81. The van der Waals surface area contributed by atoms with Crippen molar-refractivity contribution in [1.29, 1.82) is 0 Å². The zero-order valence-electron chi connectivity index (χ0n) is 12.9. The number of amides is 1. The van der Waals surface area contributed by atoms with E-state index in [0.717, 1.165) is 43.7 Å². The van der Waals surface area contributed by atoms with Crippen LogP contribution < -0.4 is 11.1 Å². The van der Waals surface area contributed by atoms with Gasteiger partial charge in [0.25, 0.3) is 0 Å². The largest absolute Gasteiger partial charge is 0.399 e. The first-order valence-electron chi connectivity index (χ1n) is 7.47. The van der Waals surface area contributed by atoms with E-state index < -0.39 is 0 Å². The van der Waals surface area contributed by atoms with Crippen molar-refractivity contribution >= 4 is 17.7 Å². The second kappa shape index (κ2) is 6.76. The summed E-state index contributed by atoms with van der Waals surface area (Å²) in [6.07, 6.45) is 5.66. The lowest BCUT2D eigenvalue weighted by Gasteiger charge is -2.37. The number of benzene rings is 1. The van der Waals surface area contributed by atoms with Gasteiger partial charge in [0.1, 0.15) is 0 Å². The van der Waals surface area contributed by atoms with Crippen molar-refractivity contribution in [3.8, 4) is 0 Å². The molecule has 1 aromatic rings. The Balaban J connectivity index is 1.80. The van der Waals surface area contributed by atoms with Crippen LogP contribution in [0.4, 0.5) is 5.69 Å². The Morgan fingerprint density at radius 2 is 1.95 bits per heavy atom. The Kier molecular flexibility index (Phi) is 5.02. The maximum Gasteiger partial charge on any atom is 0.244 e. The van der Waals surface area contributed by atoms with Gasteiger partial charge in [0.2, 0.25) is 5.91 Å². The molecule has 0 radical (unpaired) electrons. The van der Waals surface area contributed by atoms with E-state index in [1.807, 2.05) is 30.3 Å². The molecule has 0 spiro atoms. The van der Waals surface area contributed by atoms with Crippen molar-refractivity contribution in [2.75, 3.05) is 32.4 Å². The smallest absolute Gasteiger partial charge is 0.244 e. The van der Waals surface area contributed by atoms with Gasteiger partial charge in [-0.05, 0) is 62.2 Å². The molecule has 2 rings (SSSR count). The maximum absolute atomic E-state index is 11.9. The summed E-state index contributed by atoms with van der Waals surface area (Å²) in [5, 5.41) is 3.02. The summed E-state index contributed by atoms with van der Waals surface area (Å²) >= 11 is 0. The number of rotatable bonds is 4. The lowest BCUT2D eigenvalue weighted by atomic mass is 9.80. The molecule has 0 atom stereocenters. The van der Waals surface area contributed by atoms with Crippen molar-refractivity contribution in [2.24, 2.45) is 5.41 Å². The van der Waals surface area contributed by atoms with Crippen LogP contribution in [0.1, 0.15) is 25.3 Å². The van der Waals surface area contributed by atoms with Crippen LogP contribution in [0.25, 0.3) is 6.08 Å². The molecular weight excluding hydrogens is 262 g/mol. The van der Waals surface area contributed by atoms with Crippen LogP contribution in [0.3, 0.4) is 0 Å². The number of nitrogens with zero attached hydrogens (tertiary/aromatic N) is 1. The van der Waals surface area contributed by atoms with Gasteiger partial charge in [-0.1, -0.05) is 19.1 Å². The predicted molar refractivity (Wildman–Crippen MR) is 87.7 cm³/mol. The fourth-order valence-electron chi connectivity index (χ4n) is 2.47. The van der Waals surface area contributed by atoms with Gasteiger partial charge >= 0.3 is 0 Å². The quantitative estimate of drug-likeness (QED) is 0.659. The molecule has 0 bridgehead atoms. The summed E-state index contributed by atoms with van der Waals surface area (Å²) in [7, 11) is 2.15. The molecule has 1 aliphatic heterocycles. The highest BCUT2D eigenvalue weighted by Crippen LogP contribution is 2.29. The molecule has 114 valence electrons. The Labute approximate surface area is 127 Å². The summed E-state index contributed by atoms with van der Waals surface area (Å²) in [5.74, 6) is -0.0352. The van der Waals surface area contributed by atoms with E-state index >= 15 is 0 Å². The summed E-state index contributed by atoms with van der Waals surface area (Å²) in [5.41, 5.74) is 7.56. The van der Waals surface area contributed by atoms with Crippen molar-refractivity contribution in [3.63, 3.8) is 0 Å². The van der Waals surface area contributed by atoms with Gasteiger partial charge < -0.3 is 16.0 Å². The van der Waals surface area contributed by atoms with E-state index in [0.29, 0.717) is 0 Å². The van der Waals surface area contributed by atoms with Crippen molar-refractivity contribution in [3.05, 3.63) is 35.9 Å². The van der Waals surface area contributed by atoms with Crippen LogP contribution >= 0.6 is 0 Å². The Bertz CT molecular complexity index is 499. The third-order valence-electron chi connectivity index (χ3n) is 4.25. The fraction of sp³-hybridized carbons (Fsp3) is 0.471. The summed E-state index contributed by atoms with van der Waals surface area (Å²) in [6.45, 7) is 5.21. The van der Waals surface area contributed by atoms with E-state index in [-0.39, 0.29) is 11.3 Å². The van der Waals surface area contributed by atoms with Gasteiger partial charge in [-0.2, -0.15) is 0 Å². The lowest BCUT2D eigenvalue weighted by Crippen LogP contribution is -2.43. The minimum Gasteiger partial charge on any atom is -0.399 e. The molecule has 0 unspecified atom stereocenters. The minimum atomic E-state index is -0.0352. The molecular formula is C17H25N3O. The van der Waals surface area contributed by atoms with E-state index in [4.69, 9.17) is 5.73 Å². The van der Waals surface area contributed by atoms with E-state index in [1.165, 1.54) is 0 Å². The number of likely N-dealkylation sites (tertiary alicyclic amines) is 1. The van der Waals surface area contributed by atoms with Crippen LogP contribution in [-0.4, -0.2) is 37.5 Å². The zero-order valence-corrected chi connectivity index (χ0v) is 12.9. The highest BCUT2D eigenvalue weighted by Gasteiger charge is 2.28. The van der Waals surface area contributed by atoms with Gasteiger partial charge in [-0.25, -0.2) is 0 Å². The zero-order chi connectivity index (χ0) is 15.3. The lowest BCUT2D eigenvalue weighted by molar-refractivity contribution is -0.117. The maximum atomic E-state index is 11.9. The summed E-state index contributed by atoms with van der Waals surface area (Å²) < 4.78 is 0. The third-order valence-corrected chi connectivity index (χ3v) is 4.25. The van der Waals surface area contributed by atoms with Crippen LogP contribution in [0.5, 0.6) is 0 Å². The van der Waals surface area contributed by atoms with Crippen LogP contribution in [0, 0.1) is 5.41 Å². The average molecular weight is 287 g/mol. The van der Waals surface area contributed by atoms with Crippen LogP contribution in [0.2, 0.25) is 0 Å². The molecule has 0 aliphatic carbocycles. The molecule has 1 saturated heterocycles. The van der Waals surface area contributed by atoms with Crippen LogP contribution in [-0.2, 0) is 4.79 Å². The Morgan fingerprint density at radius 1 is 1.33 bits per heavy atom. The number of hydrogen-bond donors (Lipinski definition) is 2. The first kappa shape index (κ1) is 15.6. The highest BCUT2D eigenvalue weighted by atomic mass is 16.1. The minimum absolute atomic E-state index is 0.0352. The molecule has 0 aromatic heterocycles. The normalized spacial score (nSPS) is 18.8. The molecule has 1 heterocycles. The molecule has 4 heteroatoms. The molecule has 1 amide bonds. The number of hydrogen-bond acceptors (Lipinski definition) is 3. The summed E-state index contributed by atoms with van der Waals surface area (Å²) in [6, 6.07) is 7.46. The van der Waals surface area contributed by atoms with Gasteiger partial charge in [-0.15, -0.1) is 0 Å². The Morgan fingerprint density at radius 3 is 2.57 bits per heavy atom. The van der Waals surface area contributed by atoms with E-state index in [2.05, 4.69) is 24.2 Å². The van der Waals surface area contributed by atoms with E-state index in [1.54, 1.807) is 6.08 Å². The number of nitrogens with two attached hydrogens (primary N) is 1. The van der Waals surface area contributed by atoms with Crippen molar-refractivity contribution in [1.82, 2.24) is 10.2 Å². The van der Waals surface area contributed by atoms with Crippen molar-refractivity contribution < 1.29 is 4.79 Å². The molecule has 1 aromatic carbocycles. The predicted octanol–water partition coefficient (Wildman–Crippen LogP) is 2.13. The number of nitrogen functional groups attached to an aromatic ring is 1. The van der Waals surface area contributed by atoms with Gasteiger partial charge in [0, 0.05) is 18.3 Å². The first-order valence-corrected chi connectivity index (χ1v) is 7.47. The number of nitrogens with one attached hydrogen (secondary N) is 1. The van der Waals surface area contributed by atoms with Crippen LogP contribution in [0.15, 0.2) is 30.3 Å². The SMILES string of the molecule is CN1CCC(C)(CNC(=O)/C=C/c2ccc(N)cc2)CC1. The molecule has 4 nitrogen and oxygen atoms in total. The molecule has 1 fully saturated rings. The number of piperidine rings is 1. The monoisotopic (exact) mass is 287 g/mol. The second-order valence-electron chi connectivity index (χ2n) is 6.33. The van der Waals surface area contributed by atoms with E-state index in [9.17, 15) is 4.79 Å². The fourth-order valence-corrected chi connectivity index (χ4v) is 2.47. The standard InChI is InChI=1S/C17H25N3O/c1-17(9-11-20(2)12-10-17)13-19-16(21)8-5-14-3-6-15(18)7-4-14/h3-8H,9-13,18H2,1-2H3,(H,19,21)/b8-5+. The average Bonchev–Trinajstić information content (AvgIpc) is 2.48. The second-order valence-corrected chi connectivity index (χ2v) is 6.33. The number of carbonyl (C=O) groups excluding carboxylic acids is 1. The summed E-state index contributed by atoms with van der Waals surface area (Å²) in [4.78, 5) is 14.2. The van der Waals surface area contributed by atoms with Gasteiger partial charge in [-0.3, -0.25) is 4.79 Å². The molecule has 3 N–H and O–H groups in total. The first-order chi connectivity index (χ1) is 9.97. The number of carbonyl (C=O) groups is 1. The van der Waals surface area contributed by atoms with Crippen molar-refractivity contribution in [2.45, 2.75) is 19.8 Å². The number of anilines is 1.